The van der Waals surface area contributed by atoms with Crippen molar-refractivity contribution >= 4 is 21.6 Å². The van der Waals surface area contributed by atoms with E-state index in [2.05, 4.69) is 24.4 Å². The van der Waals surface area contributed by atoms with Crippen LogP contribution in [0.3, 0.4) is 0 Å². The maximum atomic E-state index is 12.3. The number of amides is 1. The van der Waals surface area contributed by atoms with Gasteiger partial charge in [-0.2, -0.15) is 0 Å². The fourth-order valence-corrected chi connectivity index (χ4v) is 4.09. The number of sulfonamides is 1. The van der Waals surface area contributed by atoms with Crippen molar-refractivity contribution in [1.82, 2.24) is 5.32 Å². The minimum absolute atomic E-state index is 0.103. The summed E-state index contributed by atoms with van der Waals surface area (Å²) in [5.41, 5.74) is 2.77. The molecule has 0 spiro atoms. The van der Waals surface area contributed by atoms with Crippen molar-refractivity contribution in [2.45, 2.75) is 39.2 Å². The molecule has 0 fully saturated rings. The summed E-state index contributed by atoms with van der Waals surface area (Å²) in [6.07, 6.45) is 2.77. The normalized spacial score (nSPS) is 12.3. The van der Waals surface area contributed by atoms with Gasteiger partial charge in [-0.1, -0.05) is 43.3 Å². The quantitative estimate of drug-likeness (QED) is 0.639. The lowest BCUT2D eigenvalue weighted by molar-refractivity contribution is -0.121. The Hall–Kier alpha value is -2.54. The lowest BCUT2D eigenvalue weighted by Crippen LogP contribution is -2.32. The van der Waals surface area contributed by atoms with Gasteiger partial charge >= 0.3 is 0 Å². The molecular weight excluding hydrogens is 388 g/mol. The summed E-state index contributed by atoms with van der Waals surface area (Å²) in [6.45, 7) is 4.24. The van der Waals surface area contributed by atoms with Crippen LogP contribution < -0.4 is 14.4 Å². The van der Waals surface area contributed by atoms with Gasteiger partial charge in [0.05, 0.1) is 25.1 Å². The predicted octanol–water partition coefficient (Wildman–Crippen LogP) is 3.68. The van der Waals surface area contributed by atoms with Crippen LogP contribution in [0.4, 0.5) is 5.69 Å². The molecular formula is C22H30N2O4S. The smallest absolute Gasteiger partial charge is 0.232 e. The lowest BCUT2D eigenvalue weighted by Gasteiger charge is -2.24. The molecule has 1 N–H and O–H groups in total. The second kappa shape index (κ2) is 10.3. The monoisotopic (exact) mass is 418 g/mol. The molecule has 7 heteroatoms. The minimum atomic E-state index is -3.50. The number of carbonyl (C=O) groups excluding carboxylic acids is 1. The Balaban J connectivity index is 1.95. The van der Waals surface area contributed by atoms with Gasteiger partial charge in [-0.05, 0) is 43.0 Å². The van der Waals surface area contributed by atoms with Gasteiger partial charge in [-0.15, -0.1) is 0 Å². The van der Waals surface area contributed by atoms with Crippen LogP contribution in [-0.2, 0) is 21.2 Å². The number of benzene rings is 2. The van der Waals surface area contributed by atoms with Crippen molar-refractivity contribution in [3.63, 3.8) is 0 Å². The molecule has 1 atom stereocenters. The third-order valence-corrected chi connectivity index (χ3v) is 5.96. The van der Waals surface area contributed by atoms with Crippen molar-refractivity contribution in [1.29, 1.82) is 0 Å². The first kappa shape index (κ1) is 22.7. The largest absolute Gasteiger partial charge is 0.495 e. The number of hydrogen-bond acceptors (Lipinski definition) is 4. The Labute approximate surface area is 173 Å². The van der Waals surface area contributed by atoms with Gasteiger partial charge in [0.2, 0.25) is 15.9 Å². The van der Waals surface area contributed by atoms with E-state index in [4.69, 9.17) is 4.74 Å². The van der Waals surface area contributed by atoms with Crippen molar-refractivity contribution in [3.8, 4) is 5.75 Å². The van der Waals surface area contributed by atoms with Crippen LogP contribution in [-0.4, -0.2) is 34.2 Å². The minimum Gasteiger partial charge on any atom is -0.495 e. The van der Waals surface area contributed by atoms with Gasteiger partial charge in [0.25, 0.3) is 0 Å². The van der Waals surface area contributed by atoms with Crippen LogP contribution >= 0.6 is 0 Å². The molecule has 0 bridgehead atoms. The first-order valence-corrected chi connectivity index (χ1v) is 11.6. The lowest BCUT2D eigenvalue weighted by atomic mass is 10.0. The number of aryl methyl sites for hydroxylation is 1. The van der Waals surface area contributed by atoms with Gasteiger partial charge in [-0.3, -0.25) is 9.10 Å². The summed E-state index contributed by atoms with van der Waals surface area (Å²) in [4.78, 5) is 12.3. The molecule has 0 aliphatic rings. The number of para-hydroxylation sites is 2. The third-order valence-electron chi connectivity index (χ3n) is 4.78. The summed E-state index contributed by atoms with van der Waals surface area (Å²) in [5.74, 6) is 0.372. The predicted molar refractivity (Wildman–Crippen MR) is 117 cm³/mol. The Kier molecular flexibility index (Phi) is 8.08. The Bertz CT molecular complexity index is 911. The first-order valence-electron chi connectivity index (χ1n) is 9.75. The highest BCUT2D eigenvalue weighted by molar-refractivity contribution is 7.92. The second-order valence-corrected chi connectivity index (χ2v) is 8.90. The van der Waals surface area contributed by atoms with Crippen LogP contribution in [0.5, 0.6) is 5.75 Å². The standard InChI is InChI=1S/C22H30N2O4S/c1-5-18-12-14-19(15-13-18)17(2)23-22(25)11-8-16-24(29(4,26)27)20-9-6-7-10-21(20)28-3/h6-7,9-10,12-15,17H,5,8,11,16H2,1-4H3,(H,23,25). The second-order valence-electron chi connectivity index (χ2n) is 6.99. The topological polar surface area (TPSA) is 75.7 Å². The summed E-state index contributed by atoms with van der Waals surface area (Å²) in [7, 11) is -2.00. The number of anilines is 1. The SMILES string of the molecule is CCc1ccc(C(C)NC(=O)CCCN(c2ccccc2OC)S(C)(=O)=O)cc1. The average Bonchev–Trinajstić information content (AvgIpc) is 2.70. The molecule has 0 aliphatic heterocycles. The van der Waals surface area contributed by atoms with Gasteiger partial charge in [0.15, 0.2) is 0 Å². The van der Waals surface area contributed by atoms with Gasteiger partial charge in [0.1, 0.15) is 5.75 Å². The molecule has 2 aromatic carbocycles. The summed E-state index contributed by atoms with van der Waals surface area (Å²) in [5, 5.41) is 2.98. The Morgan fingerprint density at radius 1 is 1.14 bits per heavy atom. The molecule has 2 rings (SSSR count). The van der Waals surface area contributed by atoms with E-state index in [-0.39, 0.29) is 24.9 Å². The number of hydrogen-bond donors (Lipinski definition) is 1. The average molecular weight is 419 g/mol. The van der Waals surface area contributed by atoms with Gasteiger partial charge in [-0.25, -0.2) is 8.42 Å². The van der Waals surface area contributed by atoms with E-state index in [0.717, 1.165) is 18.2 Å². The molecule has 0 aliphatic carbocycles. The van der Waals surface area contributed by atoms with Crippen LogP contribution in [0, 0.1) is 0 Å². The van der Waals surface area contributed by atoms with Gasteiger partial charge < -0.3 is 10.1 Å². The highest BCUT2D eigenvalue weighted by Crippen LogP contribution is 2.29. The molecule has 29 heavy (non-hydrogen) atoms. The highest BCUT2D eigenvalue weighted by Gasteiger charge is 2.21. The Morgan fingerprint density at radius 3 is 2.38 bits per heavy atom. The zero-order valence-electron chi connectivity index (χ0n) is 17.5. The van der Waals surface area contributed by atoms with Gasteiger partial charge in [0, 0.05) is 13.0 Å². The molecule has 0 saturated heterocycles. The van der Waals surface area contributed by atoms with E-state index in [1.807, 2.05) is 19.1 Å². The van der Waals surface area contributed by atoms with Crippen LogP contribution in [0.25, 0.3) is 0 Å². The van der Waals surface area contributed by atoms with E-state index in [9.17, 15) is 13.2 Å². The molecule has 0 saturated carbocycles. The molecule has 158 valence electrons. The highest BCUT2D eigenvalue weighted by atomic mass is 32.2. The van der Waals surface area contributed by atoms with Crippen LogP contribution in [0.1, 0.15) is 43.9 Å². The zero-order chi connectivity index (χ0) is 21.4. The molecule has 0 aromatic heterocycles. The number of nitrogens with zero attached hydrogens (tertiary/aromatic N) is 1. The summed E-state index contributed by atoms with van der Waals surface area (Å²) in [6, 6.07) is 15.0. The number of ether oxygens (including phenoxy) is 1. The number of carbonyl (C=O) groups is 1. The van der Waals surface area contributed by atoms with Crippen molar-refractivity contribution in [2.75, 3.05) is 24.2 Å². The van der Waals surface area contributed by atoms with E-state index in [1.165, 1.54) is 17.0 Å². The molecule has 6 nitrogen and oxygen atoms in total. The maximum absolute atomic E-state index is 12.3. The zero-order valence-corrected chi connectivity index (χ0v) is 18.3. The van der Waals surface area contributed by atoms with Crippen LogP contribution in [0.2, 0.25) is 0 Å². The summed E-state index contributed by atoms with van der Waals surface area (Å²) >= 11 is 0. The van der Waals surface area contributed by atoms with E-state index >= 15 is 0 Å². The fraction of sp³-hybridized carbons (Fsp3) is 0.409. The number of methoxy groups -OCH3 is 1. The van der Waals surface area contributed by atoms with E-state index in [1.54, 1.807) is 24.3 Å². The molecule has 1 amide bonds. The van der Waals surface area contributed by atoms with E-state index in [0.29, 0.717) is 17.9 Å². The van der Waals surface area contributed by atoms with E-state index < -0.39 is 10.0 Å². The molecule has 0 heterocycles. The van der Waals surface area contributed by atoms with Crippen molar-refractivity contribution < 1.29 is 17.9 Å². The van der Waals surface area contributed by atoms with Crippen molar-refractivity contribution in [3.05, 3.63) is 59.7 Å². The maximum Gasteiger partial charge on any atom is 0.232 e. The molecule has 2 aromatic rings. The number of nitrogens with one attached hydrogen (secondary N) is 1. The molecule has 1 unspecified atom stereocenters. The van der Waals surface area contributed by atoms with Crippen molar-refractivity contribution in [2.24, 2.45) is 0 Å². The third kappa shape index (κ3) is 6.49. The Morgan fingerprint density at radius 2 is 1.79 bits per heavy atom. The fourth-order valence-electron chi connectivity index (χ4n) is 3.12. The summed E-state index contributed by atoms with van der Waals surface area (Å²) < 4.78 is 31.1. The first-order chi connectivity index (χ1) is 13.8. The van der Waals surface area contributed by atoms with Crippen LogP contribution in [0.15, 0.2) is 48.5 Å². The molecule has 0 radical (unpaired) electrons. The number of rotatable bonds is 10.